The number of nitrogens with zero attached hydrogens (tertiary/aromatic N) is 1. The van der Waals surface area contributed by atoms with Gasteiger partial charge >= 0.3 is 0 Å². The first-order valence-corrected chi connectivity index (χ1v) is 5.16. The van der Waals surface area contributed by atoms with E-state index in [0.717, 1.165) is 10.9 Å². The van der Waals surface area contributed by atoms with Crippen LogP contribution in [-0.4, -0.2) is 16.3 Å². The summed E-state index contributed by atoms with van der Waals surface area (Å²) in [5.41, 5.74) is 3.68. The lowest BCUT2D eigenvalue weighted by molar-refractivity contribution is 0.0941. The summed E-state index contributed by atoms with van der Waals surface area (Å²) < 4.78 is 1.47. The van der Waals surface area contributed by atoms with Crippen molar-refractivity contribution in [2.75, 3.05) is 0 Å². The Morgan fingerprint density at radius 1 is 1.35 bits per heavy atom. The molecular formula is C14H11NO2. The first-order valence-electron chi connectivity index (χ1n) is 5.16. The van der Waals surface area contributed by atoms with E-state index < -0.39 is 0 Å². The van der Waals surface area contributed by atoms with Crippen LogP contribution in [0.25, 0.3) is 10.9 Å². The molecule has 0 saturated carbocycles. The zero-order valence-electron chi connectivity index (χ0n) is 9.43. The molecule has 84 valence electrons. The Balaban J connectivity index is 2.77. The molecule has 0 aliphatic rings. The van der Waals surface area contributed by atoms with Gasteiger partial charge in [0.05, 0.1) is 5.52 Å². The minimum atomic E-state index is -0.198. The zero-order chi connectivity index (χ0) is 12.4. The highest BCUT2D eigenvalue weighted by Crippen LogP contribution is 2.21. The molecule has 0 aliphatic heterocycles. The summed E-state index contributed by atoms with van der Waals surface area (Å²) in [5.74, 6) is -0.320. The normalized spacial score (nSPS) is 9.94. The van der Waals surface area contributed by atoms with Crippen LogP contribution in [0, 0.1) is 0 Å². The van der Waals surface area contributed by atoms with Crippen LogP contribution in [0.2, 0.25) is 0 Å². The molecule has 0 N–H and O–H groups in total. The molecular weight excluding hydrogens is 214 g/mol. The summed E-state index contributed by atoms with van der Waals surface area (Å²) in [6, 6.07) is 7.30. The molecule has 17 heavy (non-hydrogen) atoms. The second kappa shape index (κ2) is 4.24. The summed E-state index contributed by atoms with van der Waals surface area (Å²) in [6.45, 7) is 4.84. The number of fused-ring (bicyclic) bond motifs is 1. The van der Waals surface area contributed by atoms with Crippen LogP contribution in [0.5, 0.6) is 0 Å². The Kier molecular flexibility index (Phi) is 2.77. The number of hydrogen-bond donors (Lipinski definition) is 0. The van der Waals surface area contributed by atoms with Crippen LogP contribution >= 0.6 is 0 Å². The first-order chi connectivity index (χ1) is 8.15. The summed E-state index contributed by atoms with van der Waals surface area (Å²) in [6.07, 6.45) is 2.83. The van der Waals surface area contributed by atoms with Gasteiger partial charge in [0, 0.05) is 30.1 Å². The number of para-hydroxylation sites is 1. The second-order valence-corrected chi connectivity index (χ2v) is 3.66. The van der Waals surface area contributed by atoms with E-state index in [1.807, 2.05) is 24.3 Å². The Labute approximate surface area is 98.7 Å². The van der Waals surface area contributed by atoms with Crippen molar-refractivity contribution in [3.8, 4) is 0 Å². The molecule has 0 spiro atoms. The summed E-state index contributed by atoms with van der Waals surface area (Å²) in [7, 11) is 0. The minimum absolute atomic E-state index is 0.122. The van der Waals surface area contributed by atoms with E-state index in [2.05, 4.69) is 12.3 Å². The first kappa shape index (κ1) is 11.1. The maximum absolute atomic E-state index is 11.8. The van der Waals surface area contributed by atoms with E-state index >= 15 is 0 Å². The van der Waals surface area contributed by atoms with Gasteiger partial charge in [-0.1, -0.05) is 24.8 Å². The minimum Gasteiger partial charge on any atom is -0.289 e. The van der Waals surface area contributed by atoms with Crippen molar-refractivity contribution in [3.63, 3.8) is 0 Å². The molecule has 0 fully saturated rings. The van der Waals surface area contributed by atoms with Gasteiger partial charge in [0.15, 0.2) is 5.78 Å². The number of benzene rings is 1. The van der Waals surface area contributed by atoms with Crippen molar-refractivity contribution in [2.24, 2.45) is 0 Å². The quantitative estimate of drug-likeness (QED) is 0.448. The number of hydrogen-bond acceptors (Lipinski definition) is 2. The van der Waals surface area contributed by atoms with E-state index in [9.17, 15) is 9.59 Å². The molecule has 3 nitrogen and oxygen atoms in total. The van der Waals surface area contributed by atoms with Crippen LogP contribution in [0.3, 0.4) is 0 Å². The molecule has 0 saturated heterocycles. The predicted octanol–water partition coefficient (Wildman–Crippen LogP) is 2.83. The van der Waals surface area contributed by atoms with Gasteiger partial charge in [0.1, 0.15) is 0 Å². The molecule has 0 radical (unpaired) electrons. The fraction of sp³-hybridized carbons (Fsp3) is 0.0714. The largest absolute Gasteiger partial charge is 0.289 e. The maximum atomic E-state index is 11.8. The third-order valence-corrected chi connectivity index (χ3v) is 2.55. The Hall–Kier alpha value is -2.38. The van der Waals surface area contributed by atoms with E-state index in [4.69, 9.17) is 0 Å². The van der Waals surface area contributed by atoms with Gasteiger partial charge in [-0.05, 0) is 6.07 Å². The van der Waals surface area contributed by atoms with Crippen LogP contribution in [0.15, 0.2) is 48.8 Å². The van der Waals surface area contributed by atoms with Crippen molar-refractivity contribution < 1.29 is 9.59 Å². The highest BCUT2D eigenvalue weighted by molar-refractivity contribution is 6.14. The number of carbonyl (C=O) groups excluding carboxylic acids is 2. The molecule has 1 aromatic heterocycles. The summed E-state index contributed by atoms with van der Waals surface area (Å²) in [5, 5.41) is 0.763. The summed E-state index contributed by atoms with van der Waals surface area (Å²) in [4.78, 5) is 23.3. The molecule has 0 bridgehead atoms. The van der Waals surface area contributed by atoms with Crippen molar-refractivity contribution in [1.82, 2.24) is 4.57 Å². The van der Waals surface area contributed by atoms with Gasteiger partial charge in [0.2, 0.25) is 5.91 Å². The smallest absolute Gasteiger partial charge is 0.227 e. The van der Waals surface area contributed by atoms with Crippen molar-refractivity contribution in [2.45, 2.75) is 6.92 Å². The highest BCUT2D eigenvalue weighted by atomic mass is 16.2. The zero-order valence-corrected chi connectivity index (χ0v) is 9.43. The SMILES string of the molecule is C=C=CC(=O)c1cn(C(C)=O)c2ccccc12. The lowest BCUT2D eigenvalue weighted by atomic mass is 10.1. The topological polar surface area (TPSA) is 39.1 Å². The second-order valence-electron chi connectivity index (χ2n) is 3.66. The van der Waals surface area contributed by atoms with Crippen LogP contribution in [0.4, 0.5) is 0 Å². The molecule has 0 unspecified atom stereocenters. The van der Waals surface area contributed by atoms with E-state index in [1.165, 1.54) is 17.6 Å². The van der Waals surface area contributed by atoms with Crippen molar-refractivity contribution >= 4 is 22.6 Å². The predicted molar refractivity (Wildman–Crippen MR) is 66.3 cm³/mol. The number of rotatable bonds is 2. The molecule has 0 amide bonds. The van der Waals surface area contributed by atoms with Crippen LogP contribution in [0.1, 0.15) is 22.1 Å². The van der Waals surface area contributed by atoms with Crippen LogP contribution in [-0.2, 0) is 0 Å². The van der Waals surface area contributed by atoms with Gasteiger partial charge in [-0.2, -0.15) is 0 Å². The van der Waals surface area contributed by atoms with E-state index in [1.54, 1.807) is 6.20 Å². The number of carbonyl (C=O) groups is 2. The molecule has 1 heterocycles. The molecule has 3 heteroatoms. The fourth-order valence-corrected chi connectivity index (χ4v) is 1.81. The third kappa shape index (κ3) is 1.84. The highest BCUT2D eigenvalue weighted by Gasteiger charge is 2.14. The number of allylic oxidation sites excluding steroid dienone is 1. The Bertz CT molecular complexity index is 658. The van der Waals surface area contributed by atoms with E-state index in [0.29, 0.717) is 5.56 Å². The van der Waals surface area contributed by atoms with E-state index in [-0.39, 0.29) is 11.7 Å². The maximum Gasteiger partial charge on any atom is 0.227 e. The van der Waals surface area contributed by atoms with Crippen molar-refractivity contribution in [3.05, 3.63) is 54.4 Å². The molecule has 0 atom stereocenters. The molecule has 2 rings (SSSR count). The Morgan fingerprint density at radius 2 is 2.06 bits per heavy atom. The number of ketones is 1. The monoisotopic (exact) mass is 225 g/mol. The van der Waals surface area contributed by atoms with Crippen molar-refractivity contribution in [1.29, 1.82) is 0 Å². The fourth-order valence-electron chi connectivity index (χ4n) is 1.81. The lowest BCUT2D eigenvalue weighted by Crippen LogP contribution is -2.03. The Morgan fingerprint density at radius 3 is 2.71 bits per heavy atom. The average molecular weight is 225 g/mol. The summed E-state index contributed by atoms with van der Waals surface area (Å²) >= 11 is 0. The van der Waals surface area contributed by atoms with Gasteiger partial charge in [-0.25, -0.2) is 0 Å². The lowest BCUT2D eigenvalue weighted by Gasteiger charge is -1.96. The average Bonchev–Trinajstić information content (AvgIpc) is 2.69. The molecule has 1 aromatic carbocycles. The molecule has 0 aliphatic carbocycles. The standard InChI is InChI=1S/C14H11NO2/c1-3-6-14(17)12-9-15(10(2)16)13-8-5-4-7-11(12)13/h4-9H,1H2,2H3. The third-order valence-electron chi connectivity index (χ3n) is 2.55. The molecule has 2 aromatic rings. The van der Waals surface area contributed by atoms with Gasteiger partial charge < -0.3 is 0 Å². The van der Waals surface area contributed by atoms with Gasteiger partial charge in [0.25, 0.3) is 0 Å². The van der Waals surface area contributed by atoms with Gasteiger partial charge in [-0.3, -0.25) is 14.2 Å². The number of aromatic nitrogens is 1. The van der Waals surface area contributed by atoms with Crippen LogP contribution < -0.4 is 0 Å². The van der Waals surface area contributed by atoms with Gasteiger partial charge in [-0.15, -0.1) is 5.73 Å².